The number of benzene rings is 1. The van der Waals surface area contributed by atoms with Crippen molar-refractivity contribution in [2.75, 3.05) is 25.1 Å². The van der Waals surface area contributed by atoms with Crippen molar-refractivity contribution in [3.63, 3.8) is 0 Å². The van der Waals surface area contributed by atoms with Gasteiger partial charge in [-0.2, -0.15) is 0 Å². The van der Waals surface area contributed by atoms with Crippen molar-refractivity contribution >= 4 is 38.7 Å². The molecule has 0 aliphatic carbocycles. The fraction of sp³-hybridized carbons (Fsp3) is 0.471. The first kappa shape index (κ1) is 18.9. The highest BCUT2D eigenvalue weighted by Crippen LogP contribution is 2.26. The first-order chi connectivity index (χ1) is 12.3. The maximum absolute atomic E-state index is 12.4. The van der Waals surface area contributed by atoms with Crippen LogP contribution in [0.3, 0.4) is 0 Å². The van der Waals surface area contributed by atoms with Crippen LogP contribution >= 0.6 is 11.8 Å². The molecular formula is C17H20N2O5S2. The van der Waals surface area contributed by atoms with Crippen LogP contribution in [0.25, 0.3) is 0 Å². The summed E-state index contributed by atoms with van der Waals surface area (Å²) in [4.78, 5) is 39.2. The standard InChI is InChI=1S/C17H20N2O5S2/c1-26(23,24)14-5-2-12(3-6-14)4-7-15(20)18-9-8-13(10-18)19-16(21)11-25-17(19)22/h2-3,5-6,13H,4,7-11H2,1H3/t13-/m0/s1. The molecule has 26 heavy (non-hydrogen) atoms. The molecule has 7 nitrogen and oxygen atoms in total. The van der Waals surface area contributed by atoms with E-state index >= 15 is 0 Å². The van der Waals surface area contributed by atoms with Gasteiger partial charge in [0.05, 0.1) is 16.7 Å². The number of likely N-dealkylation sites (tertiary alicyclic amines) is 1. The van der Waals surface area contributed by atoms with E-state index in [1.807, 2.05) is 0 Å². The van der Waals surface area contributed by atoms with Gasteiger partial charge < -0.3 is 4.90 Å². The zero-order chi connectivity index (χ0) is 18.9. The van der Waals surface area contributed by atoms with Crippen LogP contribution in [-0.4, -0.2) is 66.4 Å². The zero-order valence-electron chi connectivity index (χ0n) is 14.4. The lowest BCUT2D eigenvalue weighted by molar-refractivity contribution is -0.131. The maximum atomic E-state index is 12.4. The number of imide groups is 1. The molecule has 0 unspecified atom stereocenters. The van der Waals surface area contributed by atoms with Gasteiger partial charge in [0.15, 0.2) is 9.84 Å². The topological polar surface area (TPSA) is 91.8 Å². The molecule has 2 aliphatic rings. The summed E-state index contributed by atoms with van der Waals surface area (Å²) >= 11 is 1.01. The fourth-order valence-corrected chi connectivity index (χ4v) is 4.62. The lowest BCUT2D eigenvalue weighted by Gasteiger charge is -2.22. The summed E-state index contributed by atoms with van der Waals surface area (Å²) in [7, 11) is -3.22. The molecule has 3 amide bonds. The molecule has 3 rings (SSSR count). The number of amides is 3. The van der Waals surface area contributed by atoms with Crippen molar-refractivity contribution in [3.05, 3.63) is 29.8 Å². The van der Waals surface area contributed by atoms with Gasteiger partial charge >= 0.3 is 0 Å². The molecule has 0 radical (unpaired) electrons. The van der Waals surface area contributed by atoms with E-state index in [4.69, 9.17) is 0 Å². The third kappa shape index (κ3) is 4.09. The average Bonchev–Trinajstić information content (AvgIpc) is 3.19. The average molecular weight is 396 g/mol. The molecule has 2 fully saturated rings. The Bertz CT molecular complexity index is 819. The molecule has 2 aliphatic heterocycles. The number of thioether (sulfide) groups is 1. The van der Waals surface area contributed by atoms with Crippen LogP contribution in [0.4, 0.5) is 4.79 Å². The van der Waals surface area contributed by atoms with Crippen LogP contribution in [0, 0.1) is 0 Å². The quantitative estimate of drug-likeness (QED) is 0.745. The van der Waals surface area contributed by atoms with E-state index in [0.29, 0.717) is 32.4 Å². The number of carbonyl (C=O) groups excluding carboxylic acids is 3. The molecule has 2 heterocycles. The lowest BCUT2D eigenvalue weighted by Crippen LogP contribution is -2.41. The Balaban J connectivity index is 1.53. The summed E-state index contributed by atoms with van der Waals surface area (Å²) in [6.45, 7) is 0.933. The minimum absolute atomic E-state index is 0.0218. The lowest BCUT2D eigenvalue weighted by atomic mass is 10.1. The molecule has 2 saturated heterocycles. The van der Waals surface area contributed by atoms with Gasteiger partial charge in [0.1, 0.15) is 0 Å². The number of carbonyl (C=O) groups is 3. The normalized spacial score (nSPS) is 20.9. The van der Waals surface area contributed by atoms with E-state index in [0.717, 1.165) is 23.6 Å². The highest BCUT2D eigenvalue weighted by atomic mass is 32.2. The molecule has 1 aromatic carbocycles. The van der Waals surface area contributed by atoms with Crippen molar-refractivity contribution in [1.29, 1.82) is 0 Å². The van der Waals surface area contributed by atoms with Crippen LogP contribution in [0.1, 0.15) is 18.4 Å². The summed E-state index contributed by atoms with van der Waals surface area (Å²) in [5.41, 5.74) is 0.891. The molecule has 0 bridgehead atoms. The summed E-state index contributed by atoms with van der Waals surface area (Å²) in [6, 6.07) is 6.31. The highest BCUT2D eigenvalue weighted by Gasteiger charge is 2.39. The molecule has 1 atom stereocenters. The Kier molecular flexibility index (Phi) is 5.38. The first-order valence-corrected chi connectivity index (χ1v) is 11.2. The highest BCUT2D eigenvalue weighted by molar-refractivity contribution is 8.14. The molecule has 9 heteroatoms. The van der Waals surface area contributed by atoms with Crippen molar-refractivity contribution in [3.8, 4) is 0 Å². The molecule has 0 aromatic heterocycles. The smallest absolute Gasteiger partial charge is 0.289 e. The van der Waals surface area contributed by atoms with E-state index in [9.17, 15) is 22.8 Å². The van der Waals surface area contributed by atoms with E-state index in [2.05, 4.69) is 0 Å². The number of hydrogen-bond donors (Lipinski definition) is 0. The predicted octanol–water partition coefficient (Wildman–Crippen LogP) is 1.32. The summed E-state index contributed by atoms with van der Waals surface area (Å²) in [5, 5.41) is -0.222. The van der Waals surface area contributed by atoms with Gasteiger partial charge in [-0.1, -0.05) is 23.9 Å². The molecule has 0 N–H and O–H groups in total. The van der Waals surface area contributed by atoms with Crippen LogP contribution in [-0.2, 0) is 25.8 Å². The number of aryl methyl sites for hydroxylation is 1. The zero-order valence-corrected chi connectivity index (χ0v) is 16.0. The monoisotopic (exact) mass is 396 g/mol. The van der Waals surface area contributed by atoms with Crippen molar-refractivity contribution in [2.45, 2.75) is 30.2 Å². The van der Waals surface area contributed by atoms with Gasteiger partial charge in [-0.05, 0) is 30.5 Å². The molecule has 0 spiro atoms. The largest absolute Gasteiger partial charge is 0.341 e. The van der Waals surface area contributed by atoms with Gasteiger partial charge in [-0.3, -0.25) is 19.3 Å². The second kappa shape index (κ2) is 7.40. The number of hydrogen-bond acceptors (Lipinski definition) is 6. The third-order valence-corrected chi connectivity index (χ3v) is 6.61. The Morgan fingerprint density at radius 2 is 1.92 bits per heavy atom. The Morgan fingerprint density at radius 3 is 2.50 bits per heavy atom. The van der Waals surface area contributed by atoms with Crippen molar-refractivity contribution < 1.29 is 22.8 Å². The van der Waals surface area contributed by atoms with Crippen LogP contribution < -0.4 is 0 Å². The van der Waals surface area contributed by atoms with E-state index in [1.54, 1.807) is 29.2 Å². The predicted molar refractivity (Wildman–Crippen MR) is 97.6 cm³/mol. The fourth-order valence-electron chi connectivity index (χ4n) is 3.21. The van der Waals surface area contributed by atoms with Gasteiger partial charge in [0, 0.05) is 25.8 Å². The summed E-state index contributed by atoms with van der Waals surface area (Å²) in [6.07, 6.45) is 2.60. The SMILES string of the molecule is CS(=O)(=O)c1ccc(CCC(=O)N2CC[C@H](N3C(=O)CSC3=O)C2)cc1. The first-order valence-electron chi connectivity index (χ1n) is 8.31. The van der Waals surface area contributed by atoms with Crippen LogP contribution in [0.15, 0.2) is 29.2 Å². The van der Waals surface area contributed by atoms with Gasteiger partial charge in [-0.15, -0.1) is 0 Å². The molecular weight excluding hydrogens is 376 g/mol. The van der Waals surface area contributed by atoms with Crippen LogP contribution in [0.5, 0.6) is 0 Å². The number of nitrogens with zero attached hydrogens (tertiary/aromatic N) is 2. The maximum Gasteiger partial charge on any atom is 0.289 e. The number of sulfone groups is 1. The minimum Gasteiger partial charge on any atom is -0.341 e. The Morgan fingerprint density at radius 1 is 1.23 bits per heavy atom. The molecule has 1 aromatic rings. The summed E-state index contributed by atoms with van der Waals surface area (Å²) < 4.78 is 22.9. The molecule has 140 valence electrons. The second-order valence-corrected chi connectivity index (χ2v) is 9.46. The van der Waals surface area contributed by atoms with Gasteiger partial charge in [0.2, 0.25) is 11.8 Å². The Labute approximate surface area is 156 Å². The van der Waals surface area contributed by atoms with Gasteiger partial charge in [-0.25, -0.2) is 8.42 Å². The van der Waals surface area contributed by atoms with E-state index in [-0.39, 0.29) is 33.7 Å². The van der Waals surface area contributed by atoms with Gasteiger partial charge in [0.25, 0.3) is 5.24 Å². The van der Waals surface area contributed by atoms with Crippen molar-refractivity contribution in [2.24, 2.45) is 0 Å². The second-order valence-electron chi connectivity index (χ2n) is 6.52. The minimum atomic E-state index is -3.22. The Hall–Kier alpha value is -1.87. The van der Waals surface area contributed by atoms with E-state index < -0.39 is 9.84 Å². The van der Waals surface area contributed by atoms with E-state index in [1.165, 1.54) is 4.90 Å². The van der Waals surface area contributed by atoms with Crippen LogP contribution in [0.2, 0.25) is 0 Å². The van der Waals surface area contributed by atoms with Crippen molar-refractivity contribution in [1.82, 2.24) is 9.80 Å². The third-order valence-electron chi connectivity index (χ3n) is 4.64. The number of rotatable bonds is 5. The summed E-state index contributed by atoms with van der Waals surface area (Å²) in [5.74, 6) is -0.0102. The molecule has 0 saturated carbocycles.